The van der Waals surface area contributed by atoms with E-state index in [1.807, 2.05) is 0 Å². The highest BCUT2D eigenvalue weighted by Gasteiger charge is 2.31. The normalized spacial score (nSPS) is 13.4. The molecule has 1 atom stereocenters. The van der Waals surface area contributed by atoms with Crippen LogP contribution in [0.25, 0.3) is 6.08 Å². The third-order valence-corrected chi connectivity index (χ3v) is 5.96. The number of nitrogens with zero attached hydrogens (tertiary/aromatic N) is 1. The van der Waals surface area contributed by atoms with E-state index in [2.05, 4.69) is 0 Å². The molecule has 0 bridgehead atoms. The molecule has 9 heteroatoms. The van der Waals surface area contributed by atoms with Crippen LogP contribution in [0.15, 0.2) is 23.1 Å². The number of carbonyl (C=O) groups excluding carboxylic acids is 1. The molecule has 0 aliphatic rings. The fraction of sp³-hybridized carbons (Fsp3) is 0.400. The molecule has 0 N–H and O–H groups in total. The summed E-state index contributed by atoms with van der Waals surface area (Å²) < 4.78 is 29.9. The lowest BCUT2D eigenvalue weighted by Gasteiger charge is -2.13. The average Bonchev–Trinajstić information content (AvgIpc) is 2.52. The van der Waals surface area contributed by atoms with Gasteiger partial charge in [0, 0.05) is 6.07 Å². The Balaban J connectivity index is 3.50. The molecule has 0 saturated heterocycles. The van der Waals surface area contributed by atoms with Gasteiger partial charge in [0.15, 0.2) is 14.7 Å². The van der Waals surface area contributed by atoms with Crippen molar-refractivity contribution < 1.29 is 22.9 Å². The van der Waals surface area contributed by atoms with E-state index in [0.717, 1.165) is 12.1 Å². The lowest BCUT2D eigenvalue weighted by molar-refractivity contribution is -0.384. The van der Waals surface area contributed by atoms with Crippen LogP contribution in [0.5, 0.6) is 0 Å². The molecule has 1 rings (SSSR count). The molecule has 0 fully saturated rings. The standard InChI is InChI=1S/C15H18ClNO6S/c1-4-10(3)24(21,22)14(15(18)23-5-2)9-11-6-7-12(16)13(8-11)17(19)20/h6-10H,4-5H2,1-3H3/b14-9-. The number of halogens is 1. The first-order chi connectivity index (χ1) is 11.1. The molecule has 1 aromatic rings. The summed E-state index contributed by atoms with van der Waals surface area (Å²) in [5, 5.41) is 10.1. The van der Waals surface area contributed by atoms with Crippen LogP contribution in [0.4, 0.5) is 5.69 Å². The number of hydrogen-bond donors (Lipinski definition) is 0. The van der Waals surface area contributed by atoms with Crippen molar-refractivity contribution in [3.8, 4) is 0 Å². The van der Waals surface area contributed by atoms with E-state index >= 15 is 0 Å². The number of nitro benzene ring substituents is 1. The Kier molecular flexibility index (Phi) is 6.92. The van der Waals surface area contributed by atoms with Gasteiger partial charge >= 0.3 is 5.97 Å². The molecule has 24 heavy (non-hydrogen) atoms. The van der Waals surface area contributed by atoms with E-state index in [1.165, 1.54) is 19.1 Å². The summed E-state index contributed by atoms with van der Waals surface area (Å²) in [5.41, 5.74) is -0.212. The van der Waals surface area contributed by atoms with E-state index in [0.29, 0.717) is 6.42 Å². The van der Waals surface area contributed by atoms with Gasteiger partial charge in [0.1, 0.15) is 5.02 Å². The first kappa shape index (κ1) is 20.1. The molecule has 1 aromatic carbocycles. The van der Waals surface area contributed by atoms with Crippen molar-refractivity contribution in [1.82, 2.24) is 0 Å². The molecule has 1 unspecified atom stereocenters. The highest BCUT2D eigenvalue weighted by Crippen LogP contribution is 2.27. The highest BCUT2D eigenvalue weighted by atomic mass is 35.5. The first-order valence-electron chi connectivity index (χ1n) is 7.21. The zero-order valence-corrected chi connectivity index (χ0v) is 15.1. The summed E-state index contributed by atoms with van der Waals surface area (Å²) in [4.78, 5) is 21.8. The van der Waals surface area contributed by atoms with Crippen LogP contribution in [-0.4, -0.2) is 31.2 Å². The molecule has 0 amide bonds. The largest absolute Gasteiger partial charge is 0.462 e. The third kappa shape index (κ3) is 4.55. The minimum absolute atomic E-state index is 0.00691. The van der Waals surface area contributed by atoms with E-state index in [1.54, 1.807) is 13.8 Å². The van der Waals surface area contributed by atoms with Gasteiger partial charge in [-0.15, -0.1) is 0 Å². The van der Waals surface area contributed by atoms with Crippen LogP contribution in [0.3, 0.4) is 0 Å². The minimum Gasteiger partial charge on any atom is -0.462 e. The minimum atomic E-state index is -3.93. The third-order valence-electron chi connectivity index (χ3n) is 3.35. The summed E-state index contributed by atoms with van der Waals surface area (Å²) in [5.74, 6) is -0.990. The number of rotatable bonds is 7. The topological polar surface area (TPSA) is 104 Å². The van der Waals surface area contributed by atoms with Gasteiger partial charge in [-0.05, 0) is 38.0 Å². The maximum atomic E-state index is 12.5. The maximum absolute atomic E-state index is 12.5. The van der Waals surface area contributed by atoms with Gasteiger partial charge in [0.05, 0.1) is 16.8 Å². The Morgan fingerprint density at radius 1 is 1.42 bits per heavy atom. The van der Waals surface area contributed by atoms with Gasteiger partial charge in [0.2, 0.25) is 0 Å². The Hall–Kier alpha value is -1.93. The Morgan fingerprint density at radius 2 is 2.04 bits per heavy atom. The smallest absolute Gasteiger partial charge is 0.349 e. The van der Waals surface area contributed by atoms with Crippen molar-refractivity contribution in [2.45, 2.75) is 32.4 Å². The lowest BCUT2D eigenvalue weighted by atomic mass is 10.2. The number of benzene rings is 1. The average molecular weight is 376 g/mol. The van der Waals surface area contributed by atoms with Crippen LogP contribution in [0.2, 0.25) is 5.02 Å². The number of nitro groups is 1. The van der Waals surface area contributed by atoms with Gasteiger partial charge in [-0.1, -0.05) is 24.6 Å². The van der Waals surface area contributed by atoms with Crippen LogP contribution < -0.4 is 0 Å². The molecular formula is C15H18ClNO6S. The predicted molar refractivity (Wildman–Crippen MR) is 91.4 cm³/mol. The molecule has 0 aliphatic carbocycles. The summed E-state index contributed by atoms with van der Waals surface area (Å²) in [7, 11) is -3.93. The van der Waals surface area contributed by atoms with Gasteiger partial charge in [-0.3, -0.25) is 10.1 Å². The molecule has 7 nitrogen and oxygen atoms in total. The quantitative estimate of drug-likeness (QED) is 0.313. The second kappa shape index (κ2) is 8.25. The summed E-state index contributed by atoms with van der Waals surface area (Å²) in [6.45, 7) is 4.72. The van der Waals surface area contributed by atoms with Gasteiger partial charge in [0.25, 0.3) is 5.69 Å². The number of esters is 1. The zero-order valence-electron chi connectivity index (χ0n) is 13.5. The van der Waals surface area contributed by atoms with E-state index in [4.69, 9.17) is 16.3 Å². The van der Waals surface area contributed by atoms with Crippen LogP contribution >= 0.6 is 11.6 Å². The number of carbonyl (C=O) groups is 1. The van der Waals surface area contributed by atoms with Gasteiger partial charge < -0.3 is 4.74 Å². The summed E-state index contributed by atoms with van der Waals surface area (Å²) in [6, 6.07) is 3.76. The van der Waals surface area contributed by atoms with Crippen molar-refractivity contribution in [2.24, 2.45) is 0 Å². The Bertz CT molecular complexity index is 772. The molecule has 0 radical (unpaired) electrons. The summed E-state index contributed by atoms with van der Waals surface area (Å²) in [6.07, 6.45) is 1.38. The van der Waals surface area contributed by atoms with Crippen molar-refractivity contribution in [2.75, 3.05) is 6.61 Å². The van der Waals surface area contributed by atoms with Crippen molar-refractivity contribution in [3.05, 3.63) is 43.8 Å². The van der Waals surface area contributed by atoms with Gasteiger partial charge in [-0.25, -0.2) is 13.2 Å². The van der Waals surface area contributed by atoms with Crippen LogP contribution in [-0.2, 0) is 19.4 Å². The Labute approximate surface area is 145 Å². The summed E-state index contributed by atoms with van der Waals surface area (Å²) >= 11 is 5.73. The second-order valence-corrected chi connectivity index (χ2v) is 7.70. The molecule has 132 valence electrons. The SMILES string of the molecule is CCOC(=O)/C(=C/c1ccc(Cl)c([N+](=O)[O-])c1)S(=O)(=O)C(C)CC. The van der Waals surface area contributed by atoms with Crippen LogP contribution in [0.1, 0.15) is 32.8 Å². The monoisotopic (exact) mass is 375 g/mol. The maximum Gasteiger partial charge on any atom is 0.349 e. The number of hydrogen-bond acceptors (Lipinski definition) is 6. The van der Waals surface area contributed by atoms with E-state index in [9.17, 15) is 23.3 Å². The highest BCUT2D eigenvalue weighted by molar-refractivity contribution is 7.96. The van der Waals surface area contributed by atoms with E-state index < -0.39 is 30.9 Å². The zero-order chi connectivity index (χ0) is 18.5. The predicted octanol–water partition coefficient (Wildman–Crippen LogP) is 3.37. The molecule has 0 aromatic heterocycles. The lowest BCUT2D eigenvalue weighted by Crippen LogP contribution is -2.24. The number of ether oxygens (including phenoxy) is 1. The Morgan fingerprint density at radius 3 is 2.54 bits per heavy atom. The van der Waals surface area contributed by atoms with Crippen molar-refractivity contribution in [1.29, 1.82) is 0 Å². The van der Waals surface area contributed by atoms with E-state index in [-0.39, 0.29) is 22.9 Å². The first-order valence-corrected chi connectivity index (χ1v) is 9.14. The van der Waals surface area contributed by atoms with Crippen LogP contribution in [0, 0.1) is 10.1 Å². The van der Waals surface area contributed by atoms with Crippen molar-refractivity contribution >= 4 is 39.2 Å². The molecule has 0 spiro atoms. The molecule has 0 aliphatic heterocycles. The van der Waals surface area contributed by atoms with Gasteiger partial charge in [-0.2, -0.15) is 0 Å². The van der Waals surface area contributed by atoms with Crippen molar-refractivity contribution in [3.63, 3.8) is 0 Å². The fourth-order valence-corrected chi connectivity index (χ4v) is 3.46. The molecule has 0 saturated carbocycles. The number of sulfone groups is 1. The second-order valence-electron chi connectivity index (χ2n) is 4.96. The molecule has 0 heterocycles. The molecular weight excluding hydrogens is 358 g/mol. The fourth-order valence-electron chi connectivity index (χ4n) is 1.81.